The lowest BCUT2D eigenvalue weighted by Crippen LogP contribution is -2.58. The molecule has 11 atom stereocenters. The highest BCUT2D eigenvalue weighted by atomic mass is 16.4. The second-order valence-electron chi connectivity index (χ2n) is 13.5. The van der Waals surface area contributed by atoms with Crippen molar-refractivity contribution in [2.45, 2.75) is 116 Å². The van der Waals surface area contributed by atoms with Crippen LogP contribution in [-0.2, 0) is 9.59 Å². The maximum Gasteiger partial charge on any atom is 0.326 e. The van der Waals surface area contributed by atoms with Crippen molar-refractivity contribution in [1.29, 1.82) is 0 Å². The fourth-order valence-corrected chi connectivity index (χ4v) is 10.2. The molecule has 0 bridgehead atoms. The van der Waals surface area contributed by atoms with Crippen molar-refractivity contribution in [2.75, 3.05) is 6.54 Å². The number of hydrogen-bond acceptors (Lipinski definition) is 4. The molecule has 5 rings (SSSR count). The summed E-state index contributed by atoms with van der Waals surface area (Å²) in [6.07, 6.45) is 10.6. The van der Waals surface area contributed by atoms with Crippen molar-refractivity contribution in [3.63, 3.8) is 0 Å². The van der Waals surface area contributed by atoms with Crippen molar-refractivity contribution in [2.24, 2.45) is 46.3 Å². The van der Waals surface area contributed by atoms with Crippen LogP contribution in [0.2, 0.25) is 0 Å². The van der Waals surface area contributed by atoms with Gasteiger partial charge in [0.2, 0.25) is 5.91 Å². The van der Waals surface area contributed by atoms with E-state index in [1.165, 1.54) is 19.3 Å². The highest BCUT2D eigenvalue weighted by Crippen LogP contribution is 2.68. The van der Waals surface area contributed by atoms with Crippen molar-refractivity contribution in [3.05, 3.63) is 0 Å². The topological polar surface area (TPSA) is 98.1 Å². The van der Waals surface area contributed by atoms with Crippen LogP contribution >= 0.6 is 0 Å². The Kier molecular flexibility index (Phi) is 6.78. The molecule has 11 unspecified atom stereocenters. The minimum atomic E-state index is -0.884. The first-order valence-corrected chi connectivity index (χ1v) is 14.5. The molecule has 0 radical (unpaired) electrons. The van der Waals surface area contributed by atoms with Gasteiger partial charge in [0.05, 0.1) is 12.2 Å². The van der Waals surface area contributed by atoms with Crippen molar-refractivity contribution >= 4 is 11.9 Å². The molecule has 6 heteroatoms. The molecule has 35 heavy (non-hydrogen) atoms. The predicted molar refractivity (Wildman–Crippen MR) is 133 cm³/mol. The van der Waals surface area contributed by atoms with E-state index >= 15 is 0 Å². The Balaban J connectivity index is 1.27. The largest absolute Gasteiger partial charge is 0.480 e. The zero-order valence-electron chi connectivity index (χ0n) is 22.0. The molecule has 0 aromatic rings. The second-order valence-corrected chi connectivity index (χ2v) is 13.5. The van der Waals surface area contributed by atoms with Crippen LogP contribution in [0, 0.1) is 46.3 Å². The number of nitrogens with zero attached hydrogens (tertiary/aromatic N) is 1. The maximum absolute atomic E-state index is 12.9. The van der Waals surface area contributed by atoms with E-state index < -0.39 is 12.0 Å². The Morgan fingerprint density at radius 3 is 2.51 bits per heavy atom. The summed E-state index contributed by atoms with van der Waals surface area (Å²) in [6, 6.07) is -0.652. The number of carbonyl (C=O) groups is 2. The smallest absolute Gasteiger partial charge is 0.326 e. The summed E-state index contributed by atoms with van der Waals surface area (Å²) in [5.41, 5.74) is 0.148. The molecule has 4 saturated carbocycles. The van der Waals surface area contributed by atoms with E-state index in [4.69, 9.17) is 0 Å². The number of aliphatic hydroxyl groups is 2. The third-order valence-electron chi connectivity index (χ3n) is 12.2. The summed E-state index contributed by atoms with van der Waals surface area (Å²) < 4.78 is 0. The summed E-state index contributed by atoms with van der Waals surface area (Å²) in [4.78, 5) is 26.0. The van der Waals surface area contributed by atoms with Crippen LogP contribution in [0.3, 0.4) is 0 Å². The summed E-state index contributed by atoms with van der Waals surface area (Å²) in [5, 5.41) is 31.4. The van der Waals surface area contributed by atoms with Gasteiger partial charge in [-0.25, -0.2) is 4.79 Å². The van der Waals surface area contributed by atoms with E-state index in [1.54, 1.807) is 4.90 Å². The Hall–Kier alpha value is -1.14. The third kappa shape index (κ3) is 4.05. The number of amides is 1. The van der Waals surface area contributed by atoms with Crippen LogP contribution in [0.25, 0.3) is 0 Å². The molecule has 3 N–H and O–H groups in total. The van der Waals surface area contributed by atoms with Crippen LogP contribution in [0.15, 0.2) is 0 Å². The van der Waals surface area contributed by atoms with Crippen molar-refractivity contribution in [3.8, 4) is 0 Å². The molecular weight excluding hydrogens is 442 g/mol. The van der Waals surface area contributed by atoms with Crippen molar-refractivity contribution < 1.29 is 24.9 Å². The summed E-state index contributed by atoms with van der Waals surface area (Å²) in [5.74, 6) is 2.19. The van der Waals surface area contributed by atoms with Crippen LogP contribution in [-0.4, -0.2) is 56.9 Å². The van der Waals surface area contributed by atoms with Gasteiger partial charge in [-0.3, -0.25) is 4.79 Å². The highest BCUT2D eigenvalue weighted by Gasteiger charge is 2.63. The Labute approximate surface area is 210 Å². The second kappa shape index (κ2) is 9.31. The summed E-state index contributed by atoms with van der Waals surface area (Å²) >= 11 is 0. The molecule has 5 aliphatic rings. The van der Waals surface area contributed by atoms with Gasteiger partial charge >= 0.3 is 5.97 Å². The predicted octanol–water partition coefficient (Wildman–Crippen LogP) is 4.47. The number of carboxylic acids is 1. The number of hydrogen-bond donors (Lipinski definition) is 3. The van der Waals surface area contributed by atoms with Gasteiger partial charge in [0.15, 0.2) is 0 Å². The van der Waals surface area contributed by atoms with Crippen molar-refractivity contribution in [1.82, 2.24) is 4.90 Å². The number of carboxylic acid groups (broad SMARTS) is 1. The number of fused-ring (bicyclic) bond motifs is 5. The van der Waals surface area contributed by atoms with E-state index in [0.717, 1.165) is 44.9 Å². The van der Waals surface area contributed by atoms with Crippen LogP contribution in [0.5, 0.6) is 0 Å². The molecule has 1 saturated heterocycles. The van der Waals surface area contributed by atoms with E-state index in [1.807, 2.05) is 0 Å². The highest BCUT2D eigenvalue weighted by molar-refractivity contribution is 5.84. The van der Waals surface area contributed by atoms with Gasteiger partial charge < -0.3 is 20.2 Å². The first-order valence-electron chi connectivity index (χ1n) is 14.5. The lowest BCUT2D eigenvalue weighted by atomic mass is 9.43. The molecule has 6 nitrogen and oxygen atoms in total. The van der Waals surface area contributed by atoms with Crippen LogP contribution < -0.4 is 0 Å². The zero-order valence-corrected chi connectivity index (χ0v) is 22.0. The van der Waals surface area contributed by atoms with Gasteiger partial charge in [-0.2, -0.15) is 0 Å². The first-order chi connectivity index (χ1) is 16.6. The average molecular weight is 490 g/mol. The standard InChI is InChI=1S/C29H47NO5/c1-17(6-11-26(33)30-14-4-5-24(30)27(34)35)21-9-10-22-20-8-7-18-15-19(31)12-13-28(18,2)23(20)16-25(32)29(21,22)3/h17-25,31-32H,4-16H2,1-3H3,(H,34,35). The number of rotatable bonds is 5. The number of aliphatic hydroxyl groups excluding tert-OH is 2. The van der Waals surface area contributed by atoms with Gasteiger partial charge in [0.25, 0.3) is 0 Å². The minimum absolute atomic E-state index is 0.0172. The van der Waals surface area contributed by atoms with Gasteiger partial charge in [0, 0.05) is 13.0 Å². The molecule has 4 aliphatic carbocycles. The van der Waals surface area contributed by atoms with Gasteiger partial charge in [-0.05, 0) is 117 Å². The third-order valence-corrected chi connectivity index (χ3v) is 12.2. The number of likely N-dealkylation sites (tertiary alicyclic amines) is 1. The zero-order chi connectivity index (χ0) is 25.1. The SMILES string of the molecule is CC(CCC(=O)N1CCCC1C(=O)O)C1CCC2C3CCC4CC(O)CCC4(C)C3CC(O)C12C. The first kappa shape index (κ1) is 25.5. The normalized spacial score (nSPS) is 48.1. The van der Waals surface area contributed by atoms with Gasteiger partial charge in [-0.15, -0.1) is 0 Å². The summed E-state index contributed by atoms with van der Waals surface area (Å²) in [6.45, 7) is 7.61. The molecule has 1 aliphatic heterocycles. The molecule has 1 amide bonds. The van der Waals surface area contributed by atoms with E-state index in [9.17, 15) is 24.9 Å². The van der Waals surface area contributed by atoms with E-state index in [2.05, 4.69) is 20.8 Å². The van der Waals surface area contributed by atoms with Gasteiger partial charge in [0.1, 0.15) is 6.04 Å². The van der Waals surface area contributed by atoms with Crippen LogP contribution in [0.4, 0.5) is 0 Å². The summed E-state index contributed by atoms with van der Waals surface area (Å²) in [7, 11) is 0. The lowest BCUT2D eigenvalue weighted by molar-refractivity contribution is -0.175. The fraction of sp³-hybridized carbons (Fsp3) is 0.931. The van der Waals surface area contributed by atoms with Crippen LogP contribution in [0.1, 0.15) is 97.8 Å². The maximum atomic E-state index is 12.9. The number of carbonyl (C=O) groups excluding carboxylic acids is 1. The lowest BCUT2D eigenvalue weighted by Gasteiger charge is -2.62. The molecule has 0 spiro atoms. The minimum Gasteiger partial charge on any atom is -0.480 e. The van der Waals surface area contributed by atoms with E-state index in [-0.39, 0.29) is 28.9 Å². The fourth-order valence-electron chi connectivity index (χ4n) is 10.2. The molecule has 5 fully saturated rings. The molecule has 0 aromatic heterocycles. The Morgan fingerprint density at radius 2 is 1.77 bits per heavy atom. The number of aliphatic carboxylic acids is 1. The molecule has 198 valence electrons. The van der Waals surface area contributed by atoms with Gasteiger partial charge in [-0.1, -0.05) is 20.8 Å². The Morgan fingerprint density at radius 1 is 1.00 bits per heavy atom. The Bertz CT molecular complexity index is 832. The molecule has 1 heterocycles. The van der Waals surface area contributed by atoms with E-state index in [0.29, 0.717) is 54.9 Å². The average Bonchev–Trinajstić information content (AvgIpc) is 3.44. The quantitative estimate of drug-likeness (QED) is 0.529. The monoisotopic (exact) mass is 489 g/mol. The molecular formula is C29H47NO5. The molecule has 0 aromatic carbocycles.